The Bertz CT molecular complexity index is 374. The van der Waals surface area contributed by atoms with Crippen molar-refractivity contribution in [3.8, 4) is 0 Å². The smallest absolute Gasteiger partial charge is 0.0432 e. The van der Waals surface area contributed by atoms with Crippen LogP contribution in [0, 0.1) is 27.7 Å². The van der Waals surface area contributed by atoms with Crippen LogP contribution in [0.2, 0.25) is 0 Å². The normalized spacial score (nSPS) is 15.3. The second kappa shape index (κ2) is 3.44. The Morgan fingerprint density at radius 3 is 1.67 bits per heavy atom. The molecule has 0 unspecified atom stereocenters. The van der Waals surface area contributed by atoms with Gasteiger partial charge in [-0.1, -0.05) is 0 Å². The maximum absolute atomic E-state index is 6.09. The molecule has 1 aromatic rings. The van der Waals surface area contributed by atoms with Gasteiger partial charge in [0, 0.05) is 24.5 Å². The highest BCUT2D eigenvalue weighted by Crippen LogP contribution is 2.36. The van der Waals surface area contributed by atoms with E-state index in [1.54, 1.807) is 0 Å². The van der Waals surface area contributed by atoms with Gasteiger partial charge < -0.3 is 10.6 Å². The molecular formula is C13H20N2. The number of hydrogen-bond acceptors (Lipinski definition) is 2. The summed E-state index contributed by atoms with van der Waals surface area (Å²) in [6.07, 6.45) is 1.32. The van der Waals surface area contributed by atoms with Gasteiger partial charge in [0.1, 0.15) is 0 Å². The van der Waals surface area contributed by atoms with Gasteiger partial charge in [-0.25, -0.2) is 0 Å². The van der Waals surface area contributed by atoms with Crippen LogP contribution in [0.4, 0.5) is 11.4 Å². The van der Waals surface area contributed by atoms with Crippen molar-refractivity contribution in [2.24, 2.45) is 0 Å². The molecule has 1 heterocycles. The summed E-state index contributed by atoms with van der Waals surface area (Å²) in [6, 6.07) is 0. The van der Waals surface area contributed by atoms with Gasteiger partial charge in [0.25, 0.3) is 0 Å². The molecule has 0 saturated carbocycles. The number of nitrogen functional groups attached to an aromatic ring is 1. The molecule has 2 nitrogen and oxygen atoms in total. The second-order valence-corrected chi connectivity index (χ2v) is 4.60. The van der Waals surface area contributed by atoms with Gasteiger partial charge in [-0.15, -0.1) is 0 Å². The Morgan fingerprint density at radius 2 is 1.33 bits per heavy atom. The molecule has 1 aliphatic heterocycles. The zero-order valence-corrected chi connectivity index (χ0v) is 10.1. The van der Waals surface area contributed by atoms with Gasteiger partial charge in [0.15, 0.2) is 0 Å². The van der Waals surface area contributed by atoms with Crippen molar-refractivity contribution >= 4 is 11.4 Å². The lowest BCUT2D eigenvalue weighted by molar-refractivity contribution is 0.614. The van der Waals surface area contributed by atoms with E-state index < -0.39 is 0 Å². The molecule has 0 aliphatic carbocycles. The van der Waals surface area contributed by atoms with Crippen LogP contribution in [0.25, 0.3) is 0 Å². The molecule has 0 atom stereocenters. The van der Waals surface area contributed by atoms with Gasteiger partial charge in [-0.2, -0.15) is 0 Å². The highest BCUT2D eigenvalue weighted by atomic mass is 15.2. The van der Waals surface area contributed by atoms with Crippen molar-refractivity contribution in [3.63, 3.8) is 0 Å². The van der Waals surface area contributed by atoms with Gasteiger partial charge in [-0.05, 0) is 56.4 Å². The van der Waals surface area contributed by atoms with Crippen LogP contribution in [0.1, 0.15) is 28.7 Å². The van der Waals surface area contributed by atoms with Crippen LogP contribution in [-0.2, 0) is 0 Å². The van der Waals surface area contributed by atoms with E-state index in [4.69, 9.17) is 5.73 Å². The molecule has 0 amide bonds. The first-order valence-corrected chi connectivity index (χ1v) is 5.64. The van der Waals surface area contributed by atoms with E-state index in [0.717, 1.165) is 5.69 Å². The summed E-state index contributed by atoms with van der Waals surface area (Å²) in [6.45, 7) is 11.0. The van der Waals surface area contributed by atoms with Crippen molar-refractivity contribution in [3.05, 3.63) is 22.3 Å². The molecule has 1 aliphatic rings. The maximum Gasteiger partial charge on any atom is 0.0432 e. The van der Waals surface area contributed by atoms with E-state index in [1.807, 2.05) is 0 Å². The standard InChI is InChI=1S/C13H20N2/c1-8-10(3)13(15-6-5-7-15)11(4)9(2)12(8)14/h5-7,14H2,1-4H3. The molecule has 15 heavy (non-hydrogen) atoms. The average molecular weight is 204 g/mol. The Morgan fingerprint density at radius 1 is 0.867 bits per heavy atom. The van der Waals surface area contributed by atoms with Crippen LogP contribution < -0.4 is 10.6 Å². The second-order valence-electron chi connectivity index (χ2n) is 4.60. The highest BCUT2D eigenvalue weighted by molar-refractivity contribution is 5.73. The van der Waals surface area contributed by atoms with E-state index in [0.29, 0.717) is 0 Å². The predicted molar refractivity (Wildman–Crippen MR) is 66.6 cm³/mol. The van der Waals surface area contributed by atoms with Crippen molar-refractivity contribution in [1.82, 2.24) is 0 Å². The highest BCUT2D eigenvalue weighted by Gasteiger charge is 2.21. The zero-order chi connectivity index (χ0) is 11.2. The van der Waals surface area contributed by atoms with Crippen molar-refractivity contribution in [1.29, 1.82) is 0 Å². The summed E-state index contributed by atoms with van der Waals surface area (Å²) >= 11 is 0. The number of rotatable bonds is 1. The molecular weight excluding hydrogens is 184 g/mol. The van der Waals surface area contributed by atoms with E-state index in [9.17, 15) is 0 Å². The number of hydrogen-bond donors (Lipinski definition) is 1. The molecule has 1 fully saturated rings. The molecule has 2 rings (SSSR count). The summed E-state index contributed by atoms with van der Waals surface area (Å²) in [7, 11) is 0. The molecule has 82 valence electrons. The fourth-order valence-electron chi connectivity index (χ4n) is 2.34. The summed E-state index contributed by atoms with van der Waals surface area (Å²) in [5, 5.41) is 0. The first-order chi connectivity index (χ1) is 7.04. The number of nitrogens with two attached hydrogens (primary N) is 1. The van der Waals surface area contributed by atoms with Crippen molar-refractivity contribution in [2.45, 2.75) is 34.1 Å². The Kier molecular flexibility index (Phi) is 2.37. The first kappa shape index (κ1) is 10.3. The molecule has 1 aromatic carbocycles. The zero-order valence-electron chi connectivity index (χ0n) is 10.1. The number of nitrogens with zero attached hydrogens (tertiary/aromatic N) is 1. The summed E-state index contributed by atoms with van der Waals surface area (Å²) in [5.41, 5.74) is 13.7. The van der Waals surface area contributed by atoms with E-state index in [1.165, 1.54) is 47.5 Å². The van der Waals surface area contributed by atoms with Gasteiger partial charge in [0.05, 0.1) is 0 Å². The predicted octanol–water partition coefficient (Wildman–Crippen LogP) is 2.71. The molecule has 1 saturated heterocycles. The topological polar surface area (TPSA) is 29.3 Å². The minimum atomic E-state index is 0.967. The minimum Gasteiger partial charge on any atom is -0.398 e. The number of anilines is 2. The fourth-order valence-corrected chi connectivity index (χ4v) is 2.34. The molecule has 2 heteroatoms. The van der Waals surface area contributed by atoms with Crippen LogP contribution in [0.3, 0.4) is 0 Å². The Hall–Kier alpha value is -1.18. The fraction of sp³-hybridized carbons (Fsp3) is 0.538. The van der Waals surface area contributed by atoms with E-state index >= 15 is 0 Å². The van der Waals surface area contributed by atoms with Gasteiger partial charge in [-0.3, -0.25) is 0 Å². The third-order valence-electron chi connectivity index (χ3n) is 3.82. The SMILES string of the molecule is Cc1c(C)c(N2CCC2)c(C)c(C)c1N. The quantitative estimate of drug-likeness (QED) is 0.713. The van der Waals surface area contributed by atoms with Crippen LogP contribution in [-0.4, -0.2) is 13.1 Å². The van der Waals surface area contributed by atoms with Crippen LogP contribution in [0.5, 0.6) is 0 Å². The number of benzene rings is 1. The third-order valence-corrected chi connectivity index (χ3v) is 3.82. The third kappa shape index (κ3) is 1.39. The van der Waals surface area contributed by atoms with Crippen molar-refractivity contribution in [2.75, 3.05) is 23.7 Å². The lowest BCUT2D eigenvalue weighted by Gasteiger charge is -2.37. The molecule has 0 aromatic heterocycles. The lowest BCUT2D eigenvalue weighted by Crippen LogP contribution is -2.38. The van der Waals surface area contributed by atoms with E-state index in [-0.39, 0.29) is 0 Å². The largest absolute Gasteiger partial charge is 0.398 e. The van der Waals surface area contributed by atoms with Crippen molar-refractivity contribution < 1.29 is 0 Å². The van der Waals surface area contributed by atoms with Crippen LogP contribution >= 0.6 is 0 Å². The molecule has 0 bridgehead atoms. The summed E-state index contributed by atoms with van der Waals surface area (Å²) < 4.78 is 0. The van der Waals surface area contributed by atoms with Crippen LogP contribution in [0.15, 0.2) is 0 Å². The van der Waals surface area contributed by atoms with E-state index in [2.05, 4.69) is 32.6 Å². The molecule has 2 N–H and O–H groups in total. The Balaban J connectivity index is 2.62. The average Bonchev–Trinajstić information content (AvgIpc) is 2.15. The lowest BCUT2D eigenvalue weighted by atomic mass is 9.94. The maximum atomic E-state index is 6.09. The summed E-state index contributed by atoms with van der Waals surface area (Å²) in [4.78, 5) is 2.46. The van der Waals surface area contributed by atoms with Gasteiger partial charge in [0.2, 0.25) is 0 Å². The molecule has 0 spiro atoms. The monoisotopic (exact) mass is 204 g/mol. The molecule has 0 radical (unpaired) electrons. The summed E-state index contributed by atoms with van der Waals surface area (Å²) in [5.74, 6) is 0. The Labute approximate surface area is 92.1 Å². The minimum absolute atomic E-state index is 0.967. The first-order valence-electron chi connectivity index (χ1n) is 5.64. The van der Waals surface area contributed by atoms with Gasteiger partial charge >= 0.3 is 0 Å².